The quantitative estimate of drug-likeness (QED) is 0.115. The molecule has 4 heterocycles. The van der Waals surface area contributed by atoms with Crippen molar-refractivity contribution >= 4 is 69.5 Å². The first-order valence-corrected chi connectivity index (χ1v) is 12.8. The van der Waals surface area contributed by atoms with Crippen LogP contribution in [0.2, 0.25) is 0 Å². The summed E-state index contributed by atoms with van der Waals surface area (Å²) in [6.45, 7) is -0.454. The molecule has 0 bridgehead atoms. The molecule has 19 heteroatoms. The number of tetrazole rings is 1. The fraction of sp³-hybridized carbons (Fsp3) is 0.353. The molecule has 1 fully saturated rings. The van der Waals surface area contributed by atoms with Crippen molar-refractivity contribution in [1.29, 1.82) is 0 Å². The van der Waals surface area contributed by atoms with Crippen LogP contribution in [0.5, 0.6) is 0 Å². The standard InChI is InChI=1S/C17H17N9O7S3/c1-33-22-9(7-5-35-16(18)19-7)12(29)20-10-13(30)26-11(15(31)32)6(3-34-14(10)26)4-36-17-21-23-24-25(17)2-8(27)28/h5,10,14H,2-4H2,1H3,(H2,18,19)(H,20,29)(H,27,28)(H,31,32)/t10?,14-/m0/s1. The van der Waals surface area contributed by atoms with Gasteiger partial charge in [0.25, 0.3) is 11.8 Å². The maximum absolute atomic E-state index is 12.9. The average molecular weight is 556 g/mol. The fourth-order valence-electron chi connectivity index (χ4n) is 3.37. The molecule has 0 aromatic carbocycles. The largest absolute Gasteiger partial charge is 0.480 e. The maximum atomic E-state index is 12.9. The molecule has 5 N–H and O–H groups in total. The number of thioether (sulfide) groups is 2. The summed E-state index contributed by atoms with van der Waals surface area (Å²) in [4.78, 5) is 58.6. The van der Waals surface area contributed by atoms with E-state index in [-0.39, 0.29) is 38.9 Å². The van der Waals surface area contributed by atoms with Crippen molar-refractivity contribution in [1.82, 2.24) is 35.4 Å². The van der Waals surface area contributed by atoms with Crippen molar-refractivity contribution < 1.29 is 34.2 Å². The minimum absolute atomic E-state index is 0.109. The number of carboxylic acids is 2. The molecule has 0 aliphatic carbocycles. The Bertz CT molecular complexity index is 1290. The Morgan fingerprint density at radius 1 is 1.39 bits per heavy atom. The molecule has 2 aliphatic heterocycles. The Balaban J connectivity index is 1.48. The van der Waals surface area contributed by atoms with E-state index in [9.17, 15) is 24.3 Å². The van der Waals surface area contributed by atoms with E-state index in [0.717, 1.165) is 32.7 Å². The Hall–Kier alpha value is -3.71. The van der Waals surface area contributed by atoms with Gasteiger partial charge in [-0.3, -0.25) is 19.3 Å². The van der Waals surface area contributed by atoms with E-state index in [1.807, 2.05) is 0 Å². The van der Waals surface area contributed by atoms with Crippen LogP contribution < -0.4 is 11.1 Å². The van der Waals surface area contributed by atoms with Crippen LogP contribution in [0.15, 0.2) is 27.0 Å². The molecule has 0 saturated carbocycles. The number of aromatic nitrogens is 5. The second kappa shape index (κ2) is 10.5. The van der Waals surface area contributed by atoms with E-state index in [1.165, 1.54) is 24.3 Å². The highest BCUT2D eigenvalue weighted by Gasteiger charge is 2.54. The lowest BCUT2D eigenvalue weighted by Crippen LogP contribution is -2.71. The number of hydrogen-bond acceptors (Lipinski definition) is 14. The van der Waals surface area contributed by atoms with Crippen LogP contribution >= 0.6 is 34.9 Å². The second-order valence-electron chi connectivity index (χ2n) is 7.11. The van der Waals surface area contributed by atoms with Gasteiger partial charge in [0.1, 0.15) is 36.5 Å². The number of carbonyl (C=O) groups excluding carboxylic acids is 2. The lowest BCUT2D eigenvalue weighted by molar-refractivity contribution is -0.150. The molecule has 2 atom stereocenters. The Labute approximate surface area is 213 Å². The van der Waals surface area contributed by atoms with Gasteiger partial charge in [-0.25, -0.2) is 14.5 Å². The van der Waals surface area contributed by atoms with Crippen molar-refractivity contribution in [2.45, 2.75) is 23.1 Å². The van der Waals surface area contributed by atoms with Gasteiger partial charge >= 0.3 is 11.9 Å². The van der Waals surface area contributed by atoms with Crippen molar-refractivity contribution in [3.8, 4) is 0 Å². The van der Waals surface area contributed by atoms with Gasteiger partial charge in [-0.15, -0.1) is 28.2 Å². The van der Waals surface area contributed by atoms with Crippen LogP contribution in [-0.2, 0) is 30.6 Å². The van der Waals surface area contributed by atoms with Crippen LogP contribution in [-0.4, -0.2) is 99.8 Å². The molecule has 2 aromatic heterocycles. The molecule has 1 unspecified atom stereocenters. The molecule has 1 saturated heterocycles. The third-order valence-corrected chi connectivity index (χ3v) is 7.92. The number of anilines is 1. The highest BCUT2D eigenvalue weighted by molar-refractivity contribution is 8.01. The number of carboxylic acid groups (broad SMARTS) is 2. The highest BCUT2D eigenvalue weighted by Crippen LogP contribution is 2.41. The summed E-state index contributed by atoms with van der Waals surface area (Å²) in [6, 6.07) is -0.994. The molecular formula is C17H17N9O7S3. The SMILES string of the molecule is CON=C(C(=O)NC1C(=O)N2C(C(=O)O)=C(CSc3nnnn3CC(=O)O)CS[C@@H]12)c1csc(N)n1. The number of amides is 2. The summed E-state index contributed by atoms with van der Waals surface area (Å²) >= 11 is 3.42. The van der Waals surface area contributed by atoms with Crippen LogP contribution in [0.3, 0.4) is 0 Å². The first-order chi connectivity index (χ1) is 17.2. The maximum Gasteiger partial charge on any atom is 0.352 e. The van der Waals surface area contributed by atoms with Gasteiger partial charge in [-0.05, 0) is 16.0 Å². The number of hydrogen-bond donors (Lipinski definition) is 4. The molecule has 2 amide bonds. The van der Waals surface area contributed by atoms with Crippen LogP contribution in [0, 0.1) is 0 Å². The summed E-state index contributed by atoms with van der Waals surface area (Å²) in [5.41, 5.74) is 5.84. The van der Waals surface area contributed by atoms with Gasteiger partial charge < -0.3 is 26.1 Å². The van der Waals surface area contributed by atoms with Gasteiger partial charge in [0, 0.05) is 16.9 Å². The van der Waals surface area contributed by atoms with E-state index in [4.69, 9.17) is 15.7 Å². The van der Waals surface area contributed by atoms with Crippen molar-refractivity contribution in [2.24, 2.45) is 5.16 Å². The van der Waals surface area contributed by atoms with Crippen LogP contribution in [0.4, 0.5) is 5.13 Å². The lowest BCUT2D eigenvalue weighted by Gasteiger charge is -2.49. The number of nitrogen functional groups attached to an aromatic ring is 1. The molecule has 2 aromatic rings. The van der Waals surface area contributed by atoms with Gasteiger partial charge in [-0.2, -0.15) is 0 Å². The van der Waals surface area contributed by atoms with E-state index in [0.29, 0.717) is 5.57 Å². The number of fused-ring (bicyclic) bond motifs is 1. The number of β-lactam (4-membered cyclic amide) rings is 1. The topological polar surface area (TPSA) is 228 Å². The monoisotopic (exact) mass is 555 g/mol. The third-order valence-electron chi connectivity index (χ3n) is 4.86. The number of aliphatic carboxylic acids is 2. The average Bonchev–Trinajstić information content (AvgIpc) is 3.46. The lowest BCUT2D eigenvalue weighted by atomic mass is 10.0. The first-order valence-electron chi connectivity index (χ1n) is 9.85. The summed E-state index contributed by atoms with van der Waals surface area (Å²) in [7, 11) is 1.25. The van der Waals surface area contributed by atoms with E-state index < -0.39 is 41.7 Å². The van der Waals surface area contributed by atoms with Gasteiger partial charge in [0.15, 0.2) is 10.8 Å². The van der Waals surface area contributed by atoms with Gasteiger partial charge in [-0.1, -0.05) is 16.9 Å². The number of rotatable bonds is 10. The Morgan fingerprint density at radius 3 is 2.81 bits per heavy atom. The fourth-order valence-corrected chi connectivity index (χ4v) is 6.28. The third kappa shape index (κ3) is 4.97. The van der Waals surface area contributed by atoms with Crippen LogP contribution in [0.1, 0.15) is 5.69 Å². The number of thiazole rings is 1. The Kier molecular flexibility index (Phi) is 7.40. The molecule has 16 nitrogen and oxygen atoms in total. The highest BCUT2D eigenvalue weighted by atomic mass is 32.2. The summed E-state index contributed by atoms with van der Waals surface area (Å²) < 4.78 is 1.07. The Morgan fingerprint density at radius 2 is 2.17 bits per heavy atom. The molecule has 190 valence electrons. The number of nitrogens with zero attached hydrogens (tertiary/aromatic N) is 7. The molecule has 2 aliphatic rings. The van der Waals surface area contributed by atoms with Gasteiger partial charge in [0.2, 0.25) is 5.16 Å². The zero-order valence-electron chi connectivity index (χ0n) is 18.2. The molecule has 4 rings (SSSR count). The number of nitrogens with one attached hydrogen (secondary N) is 1. The van der Waals surface area contributed by atoms with E-state index >= 15 is 0 Å². The predicted octanol–water partition coefficient (Wildman–Crippen LogP) is -1.32. The predicted molar refractivity (Wildman–Crippen MR) is 126 cm³/mol. The summed E-state index contributed by atoms with van der Waals surface area (Å²) in [5, 5.41) is 37.1. The smallest absolute Gasteiger partial charge is 0.352 e. The zero-order valence-corrected chi connectivity index (χ0v) is 20.7. The van der Waals surface area contributed by atoms with Gasteiger partial charge in [0.05, 0.1) is 0 Å². The van der Waals surface area contributed by atoms with Crippen molar-refractivity contribution in [2.75, 3.05) is 24.3 Å². The molecular weight excluding hydrogens is 538 g/mol. The molecule has 36 heavy (non-hydrogen) atoms. The summed E-state index contributed by atoms with van der Waals surface area (Å²) in [6.07, 6.45) is 0. The first kappa shape index (κ1) is 25.4. The number of carbonyl (C=O) groups is 4. The minimum Gasteiger partial charge on any atom is -0.480 e. The number of nitrogens with two attached hydrogens (primary N) is 1. The van der Waals surface area contributed by atoms with E-state index in [2.05, 4.69) is 31.0 Å². The normalized spacial score (nSPS) is 19.5. The van der Waals surface area contributed by atoms with Crippen LogP contribution in [0.25, 0.3) is 0 Å². The van der Waals surface area contributed by atoms with Crippen molar-refractivity contribution in [3.05, 3.63) is 22.3 Å². The number of oxime groups is 1. The van der Waals surface area contributed by atoms with Crippen molar-refractivity contribution in [3.63, 3.8) is 0 Å². The molecule has 0 spiro atoms. The minimum atomic E-state index is -1.31. The summed E-state index contributed by atoms with van der Waals surface area (Å²) in [5.74, 6) is -3.42. The zero-order chi connectivity index (χ0) is 26.0. The van der Waals surface area contributed by atoms with E-state index in [1.54, 1.807) is 0 Å². The second-order valence-corrected chi connectivity index (χ2v) is 10.1. The molecule has 0 radical (unpaired) electrons.